The van der Waals surface area contributed by atoms with E-state index in [0.29, 0.717) is 12.5 Å². The zero-order chi connectivity index (χ0) is 14.7. The average molecular weight is 280 g/mol. The highest BCUT2D eigenvalue weighted by Gasteiger charge is 2.27. The van der Waals surface area contributed by atoms with Gasteiger partial charge < -0.3 is 10.5 Å². The predicted molar refractivity (Wildman–Crippen MR) is 79.3 cm³/mol. The number of benzene rings is 1. The van der Waals surface area contributed by atoms with Crippen LogP contribution in [0.15, 0.2) is 18.2 Å². The molecule has 1 heterocycles. The Labute approximate surface area is 120 Å². The third kappa shape index (κ3) is 3.78. The Bertz CT molecular complexity index is 450. The lowest BCUT2D eigenvalue weighted by Gasteiger charge is -2.38. The van der Waals surface area contributed by atoms with Crippen molar-refractivity contribution in [3.05, 3.63) is 35.1 Å². The number of nitrogens with two attached hydrogens (primary N) is 1. The molecule has 0 radical (unpaired) electrons. The second-order valence-corrected chi connectivity index (χ2v) is 5.94. The minimum absolute atomic E-state index is 0.0221. The molecule has 112 valence electrons. The van der Waals surface area contributed by atoms with Gasteiger partial charge in [-0.1, -0.05) is 6.07 Å². The molecule has 2 unspecified atom stereocenters. The van der Waals surface area contributed by atoms with Gasteiger partial charge in [0.1, 0.15) is 5.82 Å². The molecule has 1 aliphatic rings. The summed E-state index contributed by atoms with van der Waals surface area (Å²) in [6, 6.07) is 5.28. The van der Waals surface area contributed by atoms with Gasteiger partial charge in [-0.2, -0.15) is 0 Å². The van der Waals surface area contributed by atoms with Crippen LogP contribution in [0.25, 0.3) is 0 Å². The topological polar surface area (TPSA) is 38.5 Å². The number of ether oxygens (including phenoxy) is 1. The summed E-state index contributed by atoms with van der Waals surface area (Å²) in [5.74, 6) is -0.203. The lowest BCUT2D eigenvalue weighted by Crippen LogP contribution is -2.53. The highest BCUT2D eigenvalue weighted by atomic mass is 19.1. The SMILES string of the molecule is Cc1ccc(F)cc1CC(N)C1CN(C(C)C)CCO1. The number of nitrogens with zero attached hydrogens (tertiary/aromatic N) is 1. The van der Waals surface area contributed by atoms with Gasteiger partial charge in [0.2, 0.25) is 0 Å². The highest BCUT2D eigenvalue weighted by Crippen LogP contribution is 2.17. The number of aryl methyl sites for hydroxylation is 1. The van der Waals surface area contributed by atoms with Crippen molar-refractivity contribution in [3.8, 4) is 0 Å². The second-order valence-electron chi connectivity index (χ2n) is 5.94. The molecule has 0 saturated carbocycles. The fraction of sp³-hybridized carbons (Fsp3) is 0.625. The summed E-state index contributed by atoms with van der Waals surface area (Å²) in [6.07, 6.45) is 0.675. The summed E-state index contributed by atoms with van der Waals surface area (Å²) in [5.41, 5.74) is 8.34. The molecule has 1 aromatic rings. The van der Waals surface area contributed by atoms with E-state index in [2.05, 4.69) is 18.7 Å². The van der Waals surface area contributed by atoms with Crippen LogP contribution >= 0.6 is 0 Å². The Kier molecular flexibility index (Phi) is 5.13. The van der Waals surface area contributed by atoms with Crippen molar-refractivity contribution in [3.63, 3.8) is 0 Å². The van der Waals surface area contributed by atoms with E-state index >= 15 is 0 Å². The Balaban J connectivity index is 2.00. The van der Waals surface area contributed by atoms with Crippen molar-refractivity contribution in [1.82, 2.24) is 4.90 Å². The van der Waals surface area contributed by atoms with E-state index in [4.69, 9.17) is 10.5 Å². The number of halogens is 1. The molecule has 1 aliphatic heterocycles. The first-order valence-electron chi connectivity index (χ1n) is 7.33. The maximum atomic E-state index is 13.3. The molecule has 3 nitrogen and oxygen atoms in total. The molecule has 1 fully saturated rings. The predicted octanol–water partition coefficient (Wildman–Crippen LogP) is 2.11. The quantitative estimate of drug-likeness (QED) is 0.918. The minimum atomic E-state index is -0.203. The summed E-state index contributed by atoms with van der Waals surface area (Å²) in [7, 11) is 0. The Morgan fingerprint density at radius 3 is 2.90 bits per heavy atom. The van der Waals surface area contributed by atoms with E-state index in [-0.39, 0.29) is 18.0 Å². The molecular formula is C16H25FN2O. The van der Waals surface area contributed by atoms with E-state index in [9.17, 15) is 4.39 Å². The van der Waals surface area contributed by atoms with Crippen LogP contribution in [0.4, 0.5) is 4.39 Å². The van der Waals surface area contributed by atoms with E-state index in [0.717, 1.165) is 30.8 Å². The van der Waals surface area contributed by atoms with Gasteiger partial charge in [-0.3, -0.25) is 4.90 Å². The molecule has 1 aromatic carbocycles. The van der Waals surface area contributed by atoms with Gasteiger partial charge >= 0.3 is 0 Å². The van der Waals surface area contributed by atoms with Gasteiger partial charge in [-0.15, -0.1) is 0 Å². The van der Waals surface area contributed by atoms with E-state index < -0.39 is 0 Å². The van der Waals surface area contributed by atoms with Gasteiger partial charge in [0, 0.05) is 25.2 Å². The standard InChI is InChI=1S/C16H25FN2O/c1-11(2)19-6-7-20-16(10-19)15(18)9-13-8-14(17)5-4-12(13)3/h4-5,8,11,15-16H,6-7,9-10,18H2,1-3H3. The van der Waals surface area contributed by atoms with Crippen molar-refractivity contribution in [2.75, 3.05) is 19.7 Å². The van der Waals surface area contributed by atoms with Crippen LogP contribution in [0.1, 0.15) is 25.0 Å². The van der Waals surface area contributed by atoms with Crippen LogP contribution in [0.3, 0.4) is 0 Å². The molecule has 0 amide bonds. The molecule has 1 saturated heterocycles. The van der Waals surface area contributed by atoms with E-state index in [1.807, 2.05) is 6.92 Å². The Hall–Kier alpha value is -0.970. The number of morpholine rings is 1. The number of hydrogen-bond acceptors (Lipinski definition) is 3. The van der Waals surface area contributed by atoms with Crippen molar-refractivity contribution >= 4 is 0 Å². The molecule has 2 atom stereocenters. The van der Waals surface area contributed by atoms with Crippen LogP contribution in [-0.2, 0) is 11.2 Å². The van der Waals surface area contributed by atoms with Crippen LogP contribution in [-0.4, -0.2) is 42.8 Å². The third-order valence-corrected chi connectivity index (χ3v) is 4.10. The molecule has 2 N–H and O–H groups in total. The maximum Gasteiger partial charge on any atom is 0.123 e. The molecule has 4 heteroatoms. The van der Waals surface area contributed by atoms with Gasteiger partial charge in [-0.25, -0.2) is 4.39 Å². The van der Waals surface area contributed by atoms with Crippen LogP contribution in [0, 0.1) is 12.7 Å². The summed E-state index contributed by atoms with van der Waals surface area (Å²) in [4.78, 5) is 2.38. The van der Waals surface area contributed by atoms with Crippen molar-refractivity contribution in [2.45, 2.75) is 45.4 Å². The first-order valence-corrected chi connectivity index (χ1v) is 7.33. The Morgan fingerprint density at radius 1 is 1.45 bits per heavy atom. The molecule has 0 spiro atoms. The molecule has 20 heavy (non-hydrogen) atoms. The molecular weight excluding hydrogens is 255 g/mol. The second kappa shape index (κ2) is 6.66. The van der Waals surface area contributed by atoms with Crippen LogP contribution < -0.4 is 5.73 Å². The average Bonchev–Trinajstić information content (AvgIpc) is 2.43. The zero-order valence-electron chi connectivity index (χ0n) is 12.6. The van der Waals surface area contributed by atoms with E-state index in [1.165, 1.54) is 6.07 Å². The van der Waals surface area contributed by atoms with Crippen molar-refractivity contribution in [2.24, 2.45) is 5.73 Å². The van der Waals surface area contributed by atoms with Gasteiger partial charge in [0.25, 0.3) is 0 Å². The lowest BCUT2D eigenvalue weighted by atomic mass is 9.97. The summed E-state index contributed by atoms with van der Waals surface area (Å²) in [5, 5.41) is 0. The van der Waals surface area contributed by atoms with Gasteiger partial charge in [0.15, 0.2) is 0 Å². The largest absolute Gasteiger partial charge is 0.374 e. The van der Waals surface area contributed by atoms with Crippen LogP contribution in [0.5, 0.6) is 0 Å². The first kappa shape index (κ1) is 15.4. The minimum Gasteiger partial charge on any atom is -0.374 e. The summed E-state index contributed by atoms with van der Waals surface area (Å²) < 4.78 is 19.1. The van der Waals surface area contributed by atoms with Gasteiger partial charge in [0.05, 0.1) is 12.7 Å². The smallest absolute Gasteiger partial charge is 0.123 e. The molecule has 2 rings (SSSR count). The van der Waals surface area contributed by atoms with Gasteiger partial charge in [-0.05, 0) is 50.5 Å². The van der Waals surface area contributed by atoms with Crippen molar-refractivity contribution < 1.29 is 9.13 Å². The Morgan fingerprint density at radius 2 is 2.20 bits per heavy atom. The zero-order valence-corrected chi connectivity index (χ0v) is 12.6. The van der Waals surface area contributed by atoms with Crippen LogP contribution in [0.2, 0.25) is 0 Å². The first-order chi connectivity index (χ1) is 9.47. The number of hydrogen-bond donors (Lipinski definition) is 1. The summed E-state index contributed by atoms with van der Waals surface area (Å²) >= 11 is 0. The molecule has 0 aromatic heterocycles. The normalized spacial score (nSPS) is 22.2. The lowest BCUT2D eigenvalue weighted by molar-refractivity contribution is -0.0495. The monoisotopic (exact) mass is 280 g/mol. The molecule has 0 aliphatic carbocycles. The fourth-order valence-corrected chi connectivity index (χ4v) is 2.67. The molecule has 0 bridgehead atoms. The third-order valence-electron chi connectivity index (χ3n) is 4.10. The fourth-order valence-electron chi connectivity index (χ4n) is 2.67. The maximum absolute atomic E-state index is 13.3. The highest BCUT2D eigenvalue weighted by molar-refractivity contribution is 5.27. The van der Waals surface area contributed by atoms with Crippen molar-refractivity contribution in [1.29, 1.82) is 0 Å². The number of rotatable bonds is 4. The van der Waals surface area contributed by atoms with E-state index in [1.54, 1.807) is 12.1 Å². The summed E-state index contributed by atoms with van der Waals surface area (Å²) in [6.45, 7) is 8.89.